The number of anilines is 1. The van der Waals surface area contributed by atoms with Crippen molar-refractivity contribution in [2.45, 2.75) is 24.5 Å². The van der Waals surface area contributed by atoms with Crippen molar-refractivity contribution >= 4 is 27.5 Å². The first-order chi connectivity index (χ1) is 12.3. The molecule has 0 bridgehead atoms. The molecular formula is C16H18N4O5S. The van der Waals surface area contributed by atoms with E-state index in [1.54, 1.807) is 24.3 Å². The van der Waals surface area contributed by atoms with Crippen LogP contribution < -0.4 is 10.6 Å². The fraction of sp³-hybridized carbons (Fsp3) is 0.312. The normalized spacial score (nSPS) is 15.9. The number of hydrogen-bond acceptors (Lipinski definition) is 6. The van der Waals surface area contributed by atoms with Crippen LogP contribution in [0.5, 0.6) is 0 Å². The molecule has 3 N–H and O–H groups in total. The van der Waals surface area contributed by atoms with Crippen molar-refractivity contribution in [2.75, 3.05) is 11.9 Å². The molecule has 0 aliphatic carbocycles. The minimum atomic E-state index is -3.32. The highest BCUT2D eigenvalue weighted by molar-refractivity contribution is 7.90. The minimum absolute atomic E-state index is 0.0727. The van der Waals surface area contributed by atoms with Gasteiger partial charge in [0.1, 0.15) is 5.82 Å². The molecule has 9 nitrogen and oxygen atoms in total. The first kappa shape index (κ1) is 18.1. The van der Waals surface area contributed by atoms with E-state index in [1.807, 2.05) is 6.07 Å². The number of nitrogens with zero attached hydrogens (tertiary/aromatic N) is 2. The van der Waals surface area contributed by atoms with Gasteiger partial charge in [-0.15, -0.1) is 0 Å². The summed E-state index contributed by atoms with van der Waals surface area (Å²) in [5.74, 6) is -2.19. The lowest BCUT2D eigenvalue weighted by molar-refractivity contribution is -0.136. The molecule has 0 saturated heterocycles. The van der Waals surface area contributed by atoms with Gasteiger partial charge in [-0.25, -0.2) is 13.1 Å². The van der Waals surface area contributed by atoms with Crippen LogP contribution in [-0.4, -0.2) is 47.8 Å². The van der Waals surface area contributed by atoms with E-state index < -0.39 is 27.8 Å². The average molecular weight is 378 g/mol. The van der Waals surface area contributed by atoms with Crippen molar-refractivity contribution in [3.8, 4) is 5.69 Å². The standard InChI is InChI=1S/C16H18N4O5S/c1-10(21)7-17-15(22)16(23)18-14-12-8-26(24,25)9-13(12)19-20(14)11-5-3-2-4-6-11/h2-6,10,21H,7-9H2,1H3,(H,17,22)(H,18,23). The lowest BCUT2D eigenvalue weighted by Gasteiger charge is -2.11. The third-order valence-electron chi connectivity index (χ3n) is 3.78. The Labute approximate surface area is 149 Å². The summed E-state index contributed by atoms with van der Waals surface area (Å²) >= 11 is 0. The number of aliphatic hydroxyl groups is 1. The van der Waals surface area contributed by atoms with Crippen LogP contribution in [0.1, 0.15) is 18.2 Å². The van der Waals surface area contributed by atoms with E-state index in [0.29, 0.717) is 16.9 Å². The van der Waals surface area contributed by atoms with E-state index in [2.05, 4.69) is 15.7 Å². The van der Waals surface area contributed by atoms with Crippen LogP contribution in [0.4, 0.5) is 5.82 Å². The molecule has 10 heteroatoms. The smallest absolute Gasteiger partial charge is 0.314 e. The molecule has 26 heavy (non-hydrogen) atoms. The van der Waals surface area contributed by atoms with Gasteiger partial charge < -0.3 is 15.7 Å². The number of hydrogen-bond donors (Lipinski definition) is 3. The lowest BCUT2D eigenvalue weighted by atomic mass is 10.2. The number of rotatable bonds is 4. The zero-order valence-electron chi connectivity index (χ0n) is 14.0. The van der Waals surface area contributed by atoms with Gasteiger partial charge in [-0.1, -0.05) is 18.2 Å². The quantitative estimate of drug-likeness (QED) is 0.628. The molecule has 1 aliphatic heterocycles. The summed E-state index contributed by atoms with van der Waals surface area (Å²) in [7, 11) is -3.32. The second kappa shape index (κ2) is 6.89. The number of benzene rings is 1. The minimum Gasteiger partial charge on any atom is -0.392 e. The van der Waals surface area contributed by atoms with Gasteiger partial charge in [0.25, 0.3) is 0 Å². The third kappa shape index (κ3) is 3.75. The molecule has 2 aromatic rings. The first-order valence-electron chi connectivity index (χ1n) is 7.90. The van der Waals surface area contributed by atoms with Crippen molar-refractivity contribution in [3.63, 3.8) is 0 Å². The third-order valence-corrected chi connectivity index (χ3v) is 5.23. The van der Waals surface area contributed by atoms with Crippen LogP contribution in [0.15, 0.2) is 30.3 Å². The van der Waals surface area contributed by atoms with E-state index in [1.165, 1.54) is 11.6 Å². The topological polar surface area (TPSA) is 130 Å². The van der Waals surface area contributed by atoms with Crippen LogP contribution in [0.2, 0.25) is 0 Å². The van der Waals surface area contributed by atoms with Crippen LogP contribution in [0.25, 0.3) is 5.69 Å². The summed E-state index contributed by atoms with van der Waals surface area (Å²) in [4.78, 5) is 24.0. The summed E-state index contributed by atoms with van der Waals surface area (Å²) in [5.41, 5.74) is 1.36. The predicted octanol–water partition coefficient (Wildman–Crippen LogP) is -0.264. The SMILES string of the molecule is CC(O)CNC(=O)C(=O)Nc1c2c(nn1-c1ccccc1)CS(=O)(=O)C2. The van der Waals surface area contributed by atoms with Gasteiger partial charge in [0, 0.05) is 12.1 Å². The molecule has 1 aliphatic rings. The maximum atomic E-state index is 12.2. The van der Waals surface area contributed by atoms with Crippen molar-refractivity contribution in [3.05, 3.63) is 41.6 Å². The summed E-state index contributed by atoms with van der Waals surface area (Å²) in [6, 6.07) is 8.87. The van der Waals surface area contributed by atoms with Crippen LogP contribution in [0, 0.1) is 0 Å². The molecule has 1 atom stereocenters. The Balaban J connectivity index is 1.92. The van der Waals surface area contributed by atoms with Gasteiger partial charge >= 0.3 is 11.8 Å². The Morgan fingerprint density at radius 2 is 1.92 bits per heavy atom. The number of para-hydroxylation sites is 1. The summed E-state index contributed by atoms with van der Waals surface area (Å²) in [6.45, 7) is 1.40. The number of amides is 2. The molecular weight excluding hydrogens is 360 g/mol. The van der Waals surface area contributed by atoms with Gasteiger partial charge in [-0.3, -0.25) is 9.59 Å². The van der Waals surface area contributed by atoms with E-state index in [0.717, 1.165) is 0 Å². The van der Waals surface area contributed by atoms with Crippen LogP contribution in [0.3, 0.4) is 0 Å². The van der Waals surface area contributed by atoms with Gasteiger partial charge in [0.15, 0.2) is 9.84 Å². The van der Waals surface area contributed by atoms with Crippen molar-refractivity contribution in [1.82, 2.24) is 15.1 Å². The molecule has 1 unspecified atom stereocenters. The number of sulfone groups is 1. The second-order valence-corrected chi connectivity index (χ2v) is 8.13. The zero-order chi connectivity index (χ0) is 18.9. The Bertz CT molecular complexity index is 951. The number of carbonyl (C=O) groups is 2. The highest BCUT2D eigenvalue weighted by Crippen LogP contribution is 2.32. The fourth-order valence-electron chi connectivity index (χ4n) is 2.61. The van der Waals surface area contributed by atoms with Gasteiger partial charge in [0.05, 0.1) is 29.0 Å². The highest BCUT2D eigenvalue weighted by Gasteiger charge is 2.33. The van der Waals surface area contributed by atoms with Gasteiger partial charge in [0.2, 0.25) is 0 Å². The highest BCUT2D eigenvalue weighted by atomic mass is 32.2. The Kier molecular flexibility index (Phi) is 4.79. The number of carbonyl (C=O) groups excluding carboxylic acids is 2. The maximum Gasteiger partial charge on any atom is 0.314 e. The number of aromatic nitrogens is 2. The second-order valence-electron chi connectivity index (χ2n) is 6.07. The van der Waals surface area contributed by atoms with Crippen LogP contribution in [-0.2, 0) is 30.9 Å². The molecule has 3 rings (SSSR count). The van der Waals surface area contributed by atoms with Crippen molar-refractivity contribution in [1.29, 1.82) is 0 Å². The molecule has 2 heterocycles. The molecule has 0 radical (unpaired) electrons. The Morgan fingerprint density at radius 1 is 1.23 bits per heavy atom. The summed E-state index contributed by atoms with van der Waals surface area (Å²) in [5, 5.41) is 18.2. The molecule has 0 saturated carbocycles. The fourth-order valence-corrected chi connectivity index (χ4v) is 4.11. The number of nitrogens with one attached hydrogen (secondary N) is 2. The van der Waals surface area contributed by atoms with Gasteiger partial charge in [-0.05, 0) is 19.1 Å². The zero-order valence-corrected chi connectivity index (χ0v) is 14.8. The van der Waals surface area contributed by atoms with E-state index in [4.69, 9.17) is 0 Å². The average Bonchev–Trinajstić information content (AvgIpc) is 3.06. The molecule has 138 valence electrons. The molecule has 1 aromatic heterocycles. The van der Waals surface area contributed by atoms with E-state index >= 15 is 0 Å². The first-order valence-corrected chi connectivity index (χ1v) is 9.73. The summed E-state index contributed by atoms with van der Waals surface area (Å²) < 4.78 is 25.2. The van der Waals surface area contributed by atoms with Crippen molar-refractivity contribution in [2.24, 2.45) is 0 Å². The van der Waals surface area contributed by atoms with Gasteiger partial charge in [-0.2, -0.15) is 5.10 Å². The van der Waals surface area contributed by atoms with E-state index in [9.17, 15) is 23.1 Å². The Morgan fingerprint density at radius 3 is 2.58 bits per heavy atom. The molecule has 0 spiro atoms. The van der Waals surface area contributed by atoms with Crippen LogP contribution >= 0.6 is 0 Å². The molecule has 1 aromatic carbocycles. The largest absolute Gasteiger partial charge is 0.392 e. The lowest BCUT2D eigenvalue weighted by Crippen LogP contribution is -2.39. The molecule has 2 amide bonds. The maximum absolute atomic E-state index is 12.2. The van der Waals surface area contributed by atoms with E-state index in [-0.39, 0.29) is 23.9 Å². The van der Waals surface area contributed by atoms with Crippen molar-refractivity contribution < 1.29 is 23.1 Å². The number of aliphatic hydroxyl groups excluding tert-OH is 1. The summed E-state index contributed by atoms with van der Waals surface area (Å²) in [6.07, 6.45) is -0.795. The molecule has 0 fully saturated rings. The monoisotopic (exact) mass is 378 g/mol. The number of fused-ring (bicyclic) bond motifs is 1. The predicted molar refractivity (Wildman–Crippen MR) is 93.2 cm³/mol. The Hall–Kier alpha value is -2.72.